The first-order valence-electron chi connectivity index (χ1n) is 10.4. The number of rotatable bonds is 6. The molecule has 1 aromatic carbocycles. The molecule has 152 valence electrons. The maximum absolute atomic E-state index is 13.0. The lowest BCUT2D eigenvalue weighted by molar-refractivity contribution is -0.138. The highest BCUT2D eigenvalue weighted by atomic mass is 16.5. The summed E-state index contributed by atoms with van der Waals surface area (Å²) in [5.74, 6) is 1.77. The number of nitrogens with zero attached hydrogens (tertiary/aromatic N) is 2. The van der Waals surface area contributed by atoms with E-state index >= 15 is 0 Å². The van der Waals surface area contributed by atoms with Crippen molar-refractivity contribution in [2.75, 3.05) is 40.0 Å². The Morgan fingerprint density at radius 3 is 2.71 bits per heavy atom. The van der Waals surface area contributed by atoms with E-state index in [0.29, 0.717) is 51.5 Å². The van der Waals surface area contributed by atoms with E-state index in [4.69, 9.17) is 9.47 Å². The maximum atomic E-state index is 13.0. The summed E-state index contributed by atoms with van der Waals surface area (Å²) in [5, 5.41) is 0. The summed E-state index contributed by atoms with van der Waals surface area (Å²) >= 11 is 0. The van der Waals surface area contributed by atoms with E-state index < -0.39 is 0 Å². The molecule has 1 atom stereocenters. The number of amides is 2. The molecule has 6 nitrogen and oxygen atoms in total. The molecule has 2 heterocycles. The van der Waals surface area contributed by atoms with Gasteiger partial charge in [-0.2, -0.15) is 0 Å². The van der Waals surface area contributed by atoms with Crippen molar-refractivity contribution in [3.63, 3.8) is 0 Å². The van der Waals surface area contributed by atoms with Crippen LogP contribution < -0.4 is 4.74 Å². The van der Waals surface area contributed by atoms with Crippen molar-refractivity contribution in [3.05, 3.63) is 29.8 Å². The summed E-state index contributed by atoms with van der Waals surface area (Å²) in [7, 11) is 1.65. The molecule has 2 aliphatic heterocycles. The molecule has 0 bridgehead atoms. The van der Waals surface area contributed by atoms with Crippen LogP contribution in [-0.4, -0.2) is 67.1 Å². The second kappa shape index (κ2) is 8.11. The molecule has 1 spiro atoms. The highest BCUT2D eigenvalue weighted by Gasteiger charge is 2.48. The lowest BCUT2D eigenvalue weighted by atomic mass is 9.94. The van der Waals surface area contributed by atoms with E-state index in [9.17, 15) is 9.59 Å². The fourth-order valence-corrected chi connectivity index (χ4v) is 4.35. The van der Waals surface area contributed by atoms with Crippen molar-refractivity contribution in [1.29, 1.82) is 0 Å². The van der Waals surface area contributed by atoms with E-state index in [-0.39, 0.29) is 17.4 Å². The fourth-order valence-electron chi connectivity index (χ4n) is 4.35. The van der Waals surface area contributed by atoms with Gasteiger partial charge in [0.1, 0.15) is 5.75 Å². The summed E-state index contributed by atoms with van der Waals surface area (Å²) in [5.41, 5.74) is 0.792. The Morgan fingerprint density at radius 2 is 2.07 bits per heavy atom. The van der Waals surface area contributed by atoms with E-state index in [2.05, 4.69) is 4.90 Å². The van der Waals surface area contributed by atoms with Crippen LogP contribution in [0.5, 0.6) is 5.75 Å². The molecular formula is C22H30N2O4. The number of hydrogen-bond acceptors (Lipinski definition) is 4. The zero-order chi connectivity index (χ0) is 19.6. The van der Waals surface area contributed by atoms with Crippen molar-refractivity contribution in [2.24, 2.45) is 5.92 Å². The zero-order valence-electron chi connectivity index (χ0n) is 16.7. The van der Waals surface area contributed by atoms with Crippen molar-refractivity contribution in [1.82, 2.24) is 9.80 Å². The molecule has 1 unspecified atom stereocenters. The molecule has 1 aliphatic carbocycles. The Labute approximate surface area is 166 Å². The summed E-state index contributed by atoms with van der Waals surface area (Å²) < 4.78 is 10.9. The summed E-state index contributed by atoms with van der Waals surface area (Å²) in [6.45, 7) is 3.17. The lowest BCUT2D eigenvalue weighted by Gasteiger charge is -2.40. The van der Waals surface area contributed by atoms with Crippen molar-refractivity contribution in [3.8, 4) is 5.75 Å². The summed E-state index contributed by atoms with van der Waals surface area (Å²) in [6.07, 6.45) is 4.83. The molecular weight excluding hydrogens is 356 g/mol. The van der Waals surface area contributed by atoms with Crippen LogP contribution in [0.25, 0.3) is 0 Å². The Kier molecular flexibility index (Phi) is 5.58. The van der Waals surface area contributed by atoms with Crippen LogP contribution in [0.4, 0.5) is 0 Å². The largest absolute Gasteiger partial charge is 0.497 e. The van der Waals surface area contributed by atoms with Gasteiger partial charge in [-0.25, -0.2) is 0 Å². The quantitative estimate of drug-likeness (QED) is 0.753. The van der Waals surface area contributed by atoms with Gasteiger partial charge in [-0.15, -0.1) is 0 Å². The first kappa shape index (κ1) is 19.2. The van der Waals surface area contributed by atoms with Crippen LogP contribution in [0.15, 0.2) is 24.3 Å². The van der Waals surface area contributed by atoms with Gasteiger partial charge >= 0.3 is 0 Å². The number of methoxy groups -OCH3 is 1. The van der Waals surface area contributed by atoms with Crippen LogP contribution in [0.3, 0.4) is 0 Å². The van der Waals surface area contributed by atoms with Gasteiger partial charge in [0.25, 0.3) is 0 Å². The number of carbonyl (C=O) groups is 2. The molecule has 2 saturated heterocycles. The van der Waals surface area contributed by atoms with E-state index in [1.54, 1.807) is 7.11 Å². The second-order valence-electron chi connectivity index (χ2n) is 8.39. The third-order valence-corrected chi connectivity index (χ3v) is 6.31. The molecule has 4 rings (SSSR count). The van der Waals surface area contributed by atoms with Crippen LogP contribution in [-0.2, 0) is 20.7 Å². The topological polar surface area (TPSA) is 59.1 Å². The van der Waals surface area contributed by atoms with Gasteiger partial charge in [0.05, 0.1) is 19.3 Å². The third kappa shape index (κ3) is 4.17. The van der Waals surface area contributed by atoms with Crippen molar-refractivity contribution in [2.45, 2.75) is 44.1 Å². The second-order valence-corrected chi connectivity index (χ2v) is 8.39. The van der Waals surface area contributed by atoms with Crippen LogP contribution in [0.1, 0.15) is 37.7 Å². The number of benzene rings is 1. The number of ether oxygens (including phenoxy) is 2. The zero-order valence-corrected chi connectivity index (χ0v) is 16.7. The average molecular weight is 386 g/mol. The highest BCUT2D eigenvalue weighted by molar-refractivity contribution is 5.81. The van der Waals surface area contributed by atoms with Crippen molar-refractivity contribution >= 4 is 11.8 Å². The summed E-state index contributed by atoms with van der Waals surface area (Å²) in [4.78, 5) is 29.8. The number of carbonyl (C=O) groups excluding carboxylic acids is 2. The number of aryl methyl sites for hydroxylation is 1. The molecule has 3 aliphatic rings. The lowest BCUT2D eigenvalue weighted by Crippen LogP contribution is -2.57. The molecule has 0 aromatic heterocycles. The molecule has 2 amide bonds. The predicted molar refractivity (Wildman–Crippen MR) is 105 cm³/mol. The van der Waals surface area contributed by atoms with E-state index in [1.807, 2.05) is 29.2 Å². The number of hydrogen-bond donors (Lipinski definition) is 0. The van der Waals surface area contributed by atoms with Gasteiger partial charge in [-0.1, -0.05) is 12.1 Å². The molecule has 28 heavy (non-hydrogen) atoms. The average Bonchev–Trinajstić information content (AvgIpc) is 3.45. The van der Waals surface area contributed by atoms with E-state index in [1.165, 1.54) is 12.8 Å². The Hall–Kier alpha value is -2.08. The third-order valence-electron chi connectivity index (χ3n) is 6.31. The van der Waals surface area contributed by atoms with E-state index in [0.717, 1.165) is 24.3 Å². The molecule has 6 heteroatoms. The molecule has 3 fully saturated rings. The minimum absolute atomic E-state index is 0.128. The minimum Gasteiger partial charge on any atom is -0.497 e. The molecule has 0 radical (unpaired) electrons. The molecule has 0 N–H and O–H groups in total. The monoisotopic (exact) mass is 386 g/mol. The fraction of sp³-hybridized carbons (Fsp3) is 0.636. The Bertz CT molecular complexity index is 708. The van der Waals surface area contributed by atoms with Gasteiger partial charge in [0.2, 0.25) is 11.8 Å². The smallest absolute Gasteiger partial charge is 0.224 e. The van der Waals surface area contributed by atoms with Crippen LogP contribution in [0.2, 0.25) is 0 Å². The molecule has 1 saturated carbocycles. The van der Waals surface area contributed by atoms with Gasteiger partial charge in [-0.05, 0) is 49.3 Å². The predicted octanol–water partition coefficient (Wildman–Crippen LogP) is 2.26. The van der Waals surface area contributed by atoms with Gasteiger partial charge < -0.3 is 19.3 Å². The van der Waals surface area contributed by atoms with Crippen molar-refractivity contribution < 1.29 is 19.1 Å². The first-order chi connectivity index (χ1) is 13.6. The first-order valence-corrected chi connectivity index (χ1v) is 10.4. The van der Waals surface area contributed by atoms with Gasteiger partial charge in [-0.3, -0.25) is 9.59 Å². The van der Waals surface area contributed by atoms with Crippen LogP contribution >= 0.6 is 0 Å². The summed E-state index contributed by atoms with van der Waals surface area (Å²) in [6, 6.07) is 7.85. The SMILES string of the molecule is COc1ccc(CCC(=O)N2CCC(=O)N(CC3CC3)C3(CCOC3)C2)cc1. The minimum atomic E-state index is -0.327. The Morgan fingerprint density at radius 1 is 1.29 bits per heavy atom. The molecule has 1 aromatic rings. The van der Waals surface area contributed by atoms with Gasteiger partial charge in [0.15, 0.2) is 0 Å². The normalized spacial score (nSPS) is 25.2. The van der Waals surface area contributed by atoms with Gasteiger partial charge in [0, 0.05) is 39.1 Å². The van der Waals surface area contributed by atoms with Crippen LogP contribution in [0, 0.1) is 5.92 Å². The Balaban J connectivity index is 1.42. The maximum Gasteiger partial charge on any atom is 0.224 e. The standard InChI is InChI=1S/C22H30N2O4/c1-27-19-7-4-17(5-8-19)6-9-20(25)23-12-10-21(26)24(14-18-2-3-18)22(15-23)11-13-28-16-22/h4-5,7-8,18H,2-3,6,9-16H2,1H3. The highest BCUT2D eigenvalue weighted by Crippen LogP contribution is 2.37.